The smallest absolute Gasteiger partial charge is 0.164 e. The van der Waals surface area contributed by atoms with Gasteiger partial charge in [0.15, 0.2) is 17.5 Å². The third-order valence-corrected chi connectivity index (χ3v) is 10.7. The van der Waals surface area contributed by atoms with Crippen LogP contribution in [-0.2, 0) is 0 Å². The molecule has 4 heteroatoms. The normalized spacial score (nSPS) is 11.6. The lowest BCUT2D eigenvalue weighted by atomic mass is 9.91. The Bertz CT molecular complexity index is 3240. The molecule has 256 valence electrons. The summed E-state index contributed by atoms with van der Waals surface area (Å²) in [5, 5.41) is 8.88. The molecule has 11 rings (SSSR count). The summed E-state index contributed by atoms with van der Waals surface area (Å²) < 4.78 is 6.88. The van der Waals surface area contributed by atoms with Gasteiger partial charge in [0, 0.05) is 32.8 Å². The molecule has 2 aromatic heterocycles. The van der Waals surface area contributed by atoms with Crippen molar-refractivity contribution in [1.82, 2.24) is 15.0 Å². The van der Waals surface area contributed by atoms with Crippen LogP contribution in [0, 0.1) is 0 Å². The maximum absolute atomic E-state index is 6.88. The zero-order valence-electron chi connectivity index (χ0n) is 29.6. The molecule has 2 heterocycles. The van der Waals surface area contributed by atoms with Crippen molar-refractivity contribution in [3.63, 3.8) is 0 Å². The van der Waals surface area contributed by atoms with E-state index in [4.69, 9.17) is 19.4 Å². The fraction of sp³-hybridized carbons (Fsp3) is 0. The fourth-order valence-electron chi connectivity index (χ4n) is 8.18. The van der Waals surface area contributed by atoms with Crippen molar-refractivity contribution in [2.75, 3.05) is 0 Å². The van der Waals surface area contributed by atoms with E-state index in [1.165, 1.54) is 10.8 Å². The largest absolute Gasteiger partial charge is 0.455 e. The molecular weight excluding hydrogens is 671 g/mol. The molecule has 0 radical (unpaired) electrons. The molecule has 11 aromatic rings. The van der Waals surface area contributed by atoms with Crippen molar-refractivity contribution in [1.29, 1.82) is 0 Å². The Hall–Kier alpha value is -7.43. The molecule has 0 spiro atoms. The van der Waals surface area contributed by atoms with Gasteiger partial charge in [-0.1, -0.05) is 176 Å². The van der Waals surface area contributed by atoms with Crippen LogP contribution in [0.5, 0.6) is 0 Å². The van der Waals surface area contributed by atoms with Crippen molar-refractivity contribution in [3.8, 4) is 56.4 Å². The van der Waals surface area contributed by atoms with E-state index in [1.807, 2.05) is 24.3 Å². The van der Waals surface area contributed by atoms with Crippen LogP contribution in [0.3, 0.4) is 0 Å². The van der Waals surface area contributed by atoms with E-state index < -0.39 is 0 Å². The van der Waals surface area contributed by atoms with Crippen LogP contribution < -0.4 is 0 Å². The van der Waals surface area contributed by atoms with Gasteiger partial charge >= 0.3 is 0 Å². The van der Waals surface area contributed by atoms with Crippen LogP contribution in [0.4, 0.5) is 0 Å². The van der Waals surface area contributed by atoms with E-state index in [2.05, 4.69) is 164 Å². The van der Waals surface area contributed by atoms with Gasteiger partial charge in [0.25, 0.3) is 0 Å². The molecule has 0 N–H and O–H groups in total. The van der Waals surface area contributed by atoms with Crippen molar-refractivity contribution >= 4 is 54.3 Å². The molecule has 0 amide bonds. The molecule has 0 saturated carbocycles. The lowest BCUT2D eigenvalue weighted by Gasteiger charge is -2.15. The molecular formula is C51H31N3O. The third-order valence-electron chi connectivity index (χ3n) is 10.7. The summed E-state index contributed by atoms with van der Waals surface area (Å²) in [6.07, 6.45) is 0. The van der Waals surface area contributed by atoms with Gasteiger partial charge < -0.3 is 4.42 Å². The number of benzene rings is 9. The number of furan rings is 1. The van der Waals surface area contributed by atoms with E-state index >= 15 is 0 Å². The molecule has 4 nitrogen and oxygen atoms in total. The molecule has 0 aliphatic carbocycles. The van der Waals surface area contributed by atoms with Gasteiger partial charge in [-0.15, -0.1) is 0 Å². The first-order valence-electron chi connectivity index (χ1n) is 18.5. The van der Waals surface area contributed by atoms with Gasteiger partial charge in [0.05, 0.1) is 0 Å². The minimum atomic E-state index is 0.589. The second-order valence-corrected chi connectivity index (χ2v) is 13.9. The number of nitrogens with zero attached hydrogens (tertiary/aromatic N) is 3. The number of hydrogen-bond acceptors (Lipinski definition) is 4. The first kappa shape index (κ1) is 31.1. The van der Waals surface area contributed by atoms with Crippen molar-refractivity contribution < 1.29 is 4.42 Å². The molecule has 0 unspecified atom stereocenters. The predicted molar refractivity (Wildman–Crippen MR) is 227 cm³/mol. The monoisotopic (exact) mass is 701 g/mol. The number of rotatable bonds is 5. The van der Waals surface area contributed by atoms with Crippen LogP contribution in [0.2, 0.25) is 0 Å². The predicted octanol–water partition coefficient (Wildman–Crippen LogP) is 13.6. The minimum absolute atomic E-state index is 0.589. The fourth-order valence-corrected chi connectivity index (χ4v) is 8.18. The molecule has 0 aliphatic heterocycles. The number of fused-ring (bicyclic) bond motifs is 10. The maximum atomic E-state index is 6.88. The minimum Gasteiger partial charge on any atom is -0.455 e. The van der Waals surface area contributed by atoms with E-state index in [1.54, 1.807) is 0 Å². The quantitative estimate of drug-likeness (QED) is 0.168. The first-order valence-corrected chi connectivity index (χ1v) is 18.5. The maximum Gasteiger partial charge on any atom is 0.164 e. The highest BCUT2D eigenvalue weighted by Crippen LogP contribution is 2.46. The summed E-state index contributed by atoms with van der Waals surface area (Å²) in [5.41, 5.74) is 8.84. The second-order valence-electron chi connectivity index (χ2n) is 13.9. The Kier molecular flexibility index (Phi) is 7.14. The molecule has 0 fully saturated rings. The molecule has 0 bridgehead atoms. The van der Waals surface area contributed by atoms with E-state index in [0.717, 1.165) is 82.4 Å². The van der Waals surface area contributed by atoms with Gasteiger partial charge in [-0.05, 0) is 61.3 Å². The van der Waals surface area contributed by atoms with Gasteiger partial charge in [-0.25, -0.2) is 15.0 Å². The lowest BCUT2D eigenvalue weighted by molar-refractivity contribution is 0.673. The summed E-state index contributed by atoms with van der Waals surface area (Å²) in [6.45, 7) is 0. The van der Waals surface area contributed by atoms with E-state index in [9.17, 15) is 0 Å². The Labute approximate surface area is 317 Å². The Morgan fingerprint density at radius 2 is 0.764 bits per heavy atom. The summed E-state index contributed by atoms with van der Waals surface area (Å²) in [6, 6.07) is 65.5. The molecule has 0 aliphatic rings. The lowest BCUT2D eigenvalue weighted by Crippen LogP contribution is -2.01. The van der Waals surface area contributed by atoms with Crippen LogP contribution in [0.15, 0.2) is 192 Å². The van der Waals surface area contributed by atoms with Gasteiger partial charge in [0.1, 0.15) is 11.2 Å². The number of para-hydroxylation sites is 1. The average Bonchev–Trinajstić information content (AvgIpc) is 3.66. The zero-order chi connectivity index (χ0) is 36.3. The molecule has 55 heavy (non-hydrogen) atoms. The summed E-state index contributed by atoms with van der Waals surface area (Å²) in [4.78, 5) is 15.9. The van der Waals surface area contributed by atoms with E-state index in [0.29, 0.717) is 17.5 Å². The summed E-state index contributed by atoms with van der Waals surface area (Å²) >= 11 is 0. The van der Waals surface area contributed by atoms with Gasteiger partial charge in [-0.2, -0.15) is 0 Å². The topological polar surface area (TPSA) is 51.8 Å². The van der Waals surface area contributed by atoms with Crippen LogP contribution in [0.1, 0.15) is 0 Å². The molecule has 0 saturated heterocycles. The summed E-state index contributed by atoms with van der Waals surface area (Å²) in [7, 11) is 0. The average molecular weight is 702 g/mol. The molecule has 0 atom stereocenters. The van der Waals surface area contributed by atoms with E-state index in [-0.39, 0.29) is 0 Å². The third kappa shape index (κ3) is 5.11. The Morgan fingerprint density at radius 3 is 1.47 bits per heavy atom. The highest BCUT2D eigenvalue weighted by molar-refractivity contribution is 6.34. The van der Waals surface area contributed by atoms with Crippen LogP contribution in [0.25, 0.3) is 111 Å². The second kappa shape index (κ2) is 12.6. The highest BCUT2D eigenvalue weighted by atomic mass is 16.3. The summed E-state index contributed by atoms with van der Waals surface area (Å²) in [5.74, 6) is 1.80. The standard InChI is InChI=1S/C51H31N3O/c1-3-15-32(16-4-1)33-27-29-35(30-28-33)49-52-50(41-24-12-7-19-36(41)34-17-5-2-6-18-34)54-51(53-49)44-31-43-39-22-9-8-20-37(39)38-21-10-11-23-40(38)46(43)48-47(44)42-25-13-14-26-45(42)55-48/h1-31H. The van der Waals surface area contributed by atoms with Crippen molar-refractivity contribution in [2.45, 2.75) is 0 Å². The SMILES string of the molecule is c1ccc(-c2ccc(-c3nc(-c4ccccc4-c4ccccc4)nc(-c4cc5c6ccccc6c6ccccc6c5c5oc6ccccc6c45)n3)cc2)cc1. The van der Waals surface area contributed by atoms with Crippen LogP contribution >= 0.6 is 0 Å². The van der Waals surface area contributed by atoms with Gasteiger partial charge in [-0.3, -0.25) is 0 Å². The van der Waals surface area contributed by atoms with Crippen LogP contribution in [-0.4, -0.2) is 15.0 Å². The number of aromatic nitrogens is 3. The number of hydrogen-bond donors (Lipinski definition) is 0. The van der Waals surface area contributed by atoms with Gasteiger partial charge in [0.2, 0.25) is 0 Å². The zero-order valence-corrected chi connectivity index (χ0v) is 29.6. The Balaban J connectivity index is 1.24. The van der Waals surface area contributed by atoms with Crippen molar-refractivity contribution in [3.05, 3.63) is 188 Å². The first-order chi connectivity index (χ1) is 27.3. The van der Waals surface area contributed by atoms with Crippen molar-refractivity contribution in [2.24, 2.45) is 0 Å². The highest BCUT2D eigenvalue weighted by Gasteiger charge is 2.23. The Morgan fingerprint density at radius 1 is 0.291 bits per heavy atom. The molecule has 9 aromatic carbocycles.